The number of nitrogens with zero attached hydrogens (tertiary/aromatic N) is 2. The summed E-state index contributed by atoms with van der Waals surface area (Å²) in [5.74, 6) is -0.387. The Morgan fingerprint density at radius 1 is 1.57 bits per heavy atom. The maximum Gasteiger partial charge on any atom is 0.271 e. The predicted octanol–water partition coefficient (Wildman–Crippen LogP) is 1.61. The molecule has 0 aromatic carbocycles. The van der Waals surface area contributed by atoms with Crippen molar-refractivity contribution in [3.05, 3.63) is 34.9 Å². The van der Waals surface area contributed by atoms with E-state index in [1.165, 1.54) is 12.4 Å². The van der Waals surface area contributed by atoms with Crippen LogP contribution >= 0.6 is 23.2 Å². The lowest BCUT2D eigenvalue weighted by molar-refractivity contribution is 0.0952. The van der Waals surface area contributed by atoms with E-state index in [2.05, 4.69) is 21.9 Å². The molecule has 0 bridgehead atoms. The molecule has 0 atom stereocenters. The first kappa shape index (κ1) is 10.9. The summed E-state index contributed by atoms with van der Waals surface area (Å²) in [4.78, 5) is 18.8. The SMILES string of the molecule is C=C(Cl)CNC(=O)c1cncc(Cl)n1. The van der Waals surface area contributed by atoms with Crippen LogP contribution in [0.2, 0.25) is 5.15 Å². The quantitative estimate of drug-likeness (QED) is 0.861. The average molecular weight is 232 g/mol. The monoisotopic (exact) mass is 231 g/mol. The fourth-order valence-corrected chi connectivity index (χ4v) is 0.933. The van der Waals surface area contributed by atoms with Crippen LogP contribution in [0.15, 0.2) is 24.0 Å². The summed E-state index contributed by atoms with van der Waals surface area (Å²) in [6.07, 6.45) is 2.66. The molecular formula is C8H7Cl2N3O. The Morgan fingerprint density at radius 2 is 2.29 bits per heavy atom. The highest BCUT2D eigenvalue weighted by molar-refractivity contribution is 6.30. The summed E-state index contributed by atoms with van der Waals surface area (Å²) in [5.41, 5.74) is 0.149. The summed E-state index contributed by atoms with van der Waals surface area (Å²) < 4.78 is 0. The number of nitrogens with one attached hydrogen (secondary N) is 1. The standard InChI is InChI=1S/C8H7Cl2N3O/c1-5(9)2-12-8(14)6-3-11-4-7(10)13-6/h3-4H,1-2H2,(H,12,14). The van der Waals surface area contributed by atoms with Crippen molar-refractivity contribution in [2.24, 2.45) is 0 Å². The van der Waals surface area contributed by atoms with Gasteiger partial charge in [0.2, 0.25) is 0 Å². The molecule has 1 rings (SSSR count). The molecule has 0 fully saturated rings. The maximum absolute atomic E-state index is 11.3. The van der Waals surface area contributed by atoms with Crippen molar-refractivity contribution in [3.8, 4) is 0 Å². The molecule has 4 nitrogen and oxygen atoms in total. The summed E-state index contributed by atoms with van der Waals surface area (Å²) in [7, 11) is 0. The fraction of sp³-hybridized carbons (Fsp3) is 0.125. The van der Waals surface area contributed by atoms with Gasteiger partial charge in [-0.05, 0) is 0 Å². The van der Waals surface area contributed by atoms with Crippen molar-refractivity contribution < 1.29 is 4.79 Å². The van der Waals surface area contributed by atoms with Crippen LogP contribution in [0.1, 0.15) is 10.5 Å². The van der Waals surface area contributed by atoms with Crippen LogP contribution in [0.5, 0.6) is 0 Å². The lowest BCUT2D eigenvalue weighted by atomic mass is 10.4. The van der Waals surface area contributed by atoms with E-state index >= 15 is 0 Å². The van der Waals surface area contributed by atoms with E-state index in [1.54, 1.807) is 0 Å². The number of hydrogen-bond acceptors (Lipinski definition) is 3. The van der Waals surface area contributed by atoms with E-state index in [0.29, 0.717) is 5.03 Å². The molecule has 0 spiro atoms. The molecule has 74 valence electrons. The smallest absolute Gasteiger partial charge is 0.271 e. The van der Waals surface area contributed by atoms with Gasteiger partial charge in [-0.25, -0.2) is 4.98 Å². The van der Waals surface area contributed by atoms with Gasteiger partial charge >= 0.3 is 0 Å². The van der Waals surface area contributed by atoms with Gasteiger partial charge < -0.3 is 5.32 Å². The van der Waals surface area contributed by atoms with E-state index in [1.807, 2.05) is 0 Å². The third-order valence-electron chi connectivity index (χ3n) is 1.28. The Morgan fingerprint density at radius 3 is 2.86 bits per heavy atom. The third-order valence-corrected chi connectivity index (χ3v) is 1.59. The van der Waals surface area contributed by atoms with Crippen molar-refractivity contribution in [1.29, 1.82) is 0 Å². The Bertz CT molecular complexity index is 367. The number of rotatable bonds is 3. The Kier molecular flexibility index (Phi) is 3.85. The van der Waals surface area contributed by atoms with Gasteiger partial charge in [-0.15, -0.1) is 0 Å². The molecule has 14 heavy (non-hydrogen) atoms. The molecule has 0 saturated carbocycles. The van der Waals surface area contributed by atoms with E-state index in [-0.39, 0.29) is 23.3 Å². The predicted molar refractivity (Wildman–Crippen MR) is 54.4 cm³/mol. The van der Waals surface area contributed by atoms with E-state index in [4.69, 9.17) is 23.2 Å². The lowest BCUT2D eigenvalue weighted by Crippen LogP contribution is -2.25. The molecule has 1 aromatic heterocycles. The van der Waals surface area contributed by atoms with Crippen molar-refractivity contribution in [3.63, 3.8) is 0 Å². The van der Waals surface area contributed by atoms with Gasteiger partial charge in [0.1, 0.15) is 10.8 Å². The molecule has 6 heteroatoms. The first-order valence-corrected chi connectivity index (χ1v) is 4.44. The number of amides is 1. The van der Waals surface area contributed by atoms with Crippen molar-refractivity contribution in [2.75, 3.05) is 6.54 Å². The molecule has 0 aliphatic heterocycles. The molecule has 0 unspecified atom stereocenters. The van der Waals surface area contributed by atoms with Crippen molar-refractivity contribution in [1.82, 2.24) is 15.3 Å². The zero-order chi connectivity index (χ0) is 10.6. The van der Waals surface area contributed by atoms with Crippen LogP contribution in [0, 0.1) is 0 Å². The molecule has 1 aromatic rings. The minimum atomic E-state index is -0.387. The molecule has 0 saturated heterocycles. The summed E-state index contributed by atoms with van der Waals surface area (Å²) in [6, 6.07) is 0. The van der Waals surface area contributed by atoms with Crippen LogP contribution < -0.4 is 5.32 Å². The van der Waals surface area contributed by atoms with Crippen LogP contribution in [0.25, 0.3) is 0 Å². The van der Waals surface area contributed by atoms with Gasteiger partial charge in [0.25, 0.3) is 5.91 Å². The molecular weight excluding hydrogens is 225 g/mol. The number of carbonyl (C=O) groups is 1. The summed E-state index contributed by atoms with van der Waals surface area (Å²) >= 11 is 11.0. The zero-order valence-electron chi connectivity index (χ0n) is 7.13. The van der Waals surface area contributed by atoms with Gasteiger partial charge in [-0.3, -0.25) is 9.78 Å². The Hall–Kier alpha value is -1.13. The van der Waals surface area contributed by atoms with Gasteiger partial charge in [0.15, 0.2) is 0 Å². The van der Waals surface area contributed by atoms with Crippen LogP contribution in [-0.2, 0) is 0 Å². The van der Waals surface area contributed by atoms with Gasteiger partial charge in [0, 0.05) is 5.03 Å². The first-order valence-electron chi connectivity index (χ1n) is 3.68. The van der Waals surface area contributed by atoms with E-state index in [9.17, 15) is 4.79 Å². The number of hydrogen-bond donors (Lipinski definition) is 1. The van der Waals surface area contributed by atoms with Crippen molar-refractivity contribution >= 4 is 29.1 Å². The molecule has 1 heterocycles. The molecule has 0 aliphatic rings. The Balaban J connectivity index is 2.65. The number of aromatic nitrogens is 2. The second-order valence-electron chi connectivity index (χ2n) is 2.43. The molecule has 1 N–H and O–H groups in total. The normalized spacial score (nSPS) is 9.57. The highest BCUT2D eigenvalue weighted by Gasteiger charge is 2.07. The van der Waals surface area contributed by atoms with Gasteiger partial charge in [-0.1, -0.05) is 29.8 Å². The van der Waals surface area contributed by atoms with Gasteiger partial charge in [-0.2, -0.15) is 0 Å². The zero-order valence-corrected chi connectivity index (χ0v) is 8.64. The highest BCUT2D eigenvalue weighted by atomic mass is 35.5. The van der Waals surface area contributed by atoms with Crippen LogP contribution in [0.3, 0.4) is 0 Å². The lowest BCUT2D eigenvalue weighted by Gasteiger charge is -2.02. The highest BCUT2D eigenvalue weighted by Crippen LogP contribution is 2.02. The number of halogens is 2. The molecule has 1 amide bonds. The topological polar surface area (TPSA) is 54.9 Å². The van der Waals surface area contributed by atoms with Crippen LogP contribution in [0.4, 0.5) is 0 Å². The minimum absolute atomic E-state index is 0.149. The minimum Gasteiger partial charge on any atom is -0.346 e. The summed E-state index contributed by atoms with van der Waals surface area (Å²) in [5, 5.41) is 3.00. The van der Waals surface area contributed by atoms with Crippen molar-refractivity contribution in [2.45, 2.75) is 0 Å². The Labute approximate surface area is 91.0 Å². The summed E-state index contributed by atoms with van der Waals surface area (Å²) in [6.45, 7) is 3.62. The molecule has 0 radical (unpaired) electrons. The van der Waals surface area contributed by atoms with Gasteiger partial charge in [0.05, 0.1) is 18.9 Å². The van der Waals surface area contributed by atoms with Crippen LogP contribution in [-0.4, -0.2) is 22.4 Å². The third kappa shape index (κ3) is 3.32. The largest absolute Gasteiger partial charge is 0.346 e. The fourth-order valence-electron chi connectivity index (χ4n) is 0.718. The maximum atomic E-state index is 11.3. The molecule has 0 aliphatic carbocycles. The second-order valence-corrected chi connectivity index (χ2v) is 3.35. The van der Waals surface area contributed by atoms with E-state index in [0.717, 1.165) is 0 Å². The average Bonchev–Trinajstić information content (AvgIpc) is 2.14. The second kappa shape index (κ2) is 4.93. The van der Waals surface area contributed by atoms with E-state index < -0.39 is 0 Å². The number of carbonyl (C=O) groups excluding carboxylic acids is 1. The first-order chi connectivity index (χ1) is 6.59.